The molecule has 0 saturated carbocycles. The molecule has 0 atom stereocenters. The van der Waals surface area contributed by atoms with Gasteiger partial charge in [0, 0.05) is 6.20 Å². The van der Waals surface area contributed by atoms with Crippen molar-refractivity contribution >= 4 is 12.4 Å². The highest BCUT2D eigenvalue weighted by atomic mass is 16.6. The first-order valence-corrected chi connectivity index (χ1v) is 4.16. The SMILES string of the molecule is CC(C)(C)OC(=O)c1ccn(C=O)n1. The second-order valence-electron chi connectivity index (χ2n) is 3.79. The van der Waals surface area contributed by atoms with Gasteiger partial charge < -0.3 is 4.74 Å². The number of ether oxygens (including phenoxy) is 1. The molecule has 0 aromatic carbocycles. The Kier molecular flexibility index (Phi) is 2.69. The predicted octanol–water partition coefficient (Wildman–Crippen LogP) is 0.877. The largest absolute Gasteiger partial charge is 0.455 e. The smallest absolute Gasteiger partial charge is 0.359 e. The number of esters is 1. The third-order valence-electron chi connectivity index (χ3n) is 1.32. The molecule has 0 aliphatic rings. The molecule has 5 heteroatoms. The summed E-state index contributed by atoms with van der Waals surface area (Å²) >= 11 is 0. The monoisotopic (exact) mass is 196 g/mol. The second kappa shape index (κ2) is 3.61. The van der Waals surface area contributed by atoms with Crippen LogP contribution in [0.15, 0.2) is 12.3 Å². The number of hydrogen-bond donors (Lipinski definition) is 0. The lowest BCUT2D eigenvalue weighted by atomic mass is 10.2. The van der Waals surface area contributed by atoms with E-state index < -0.39 is 11.6 Å². The third-order valence-corrected chi connectivity index (χ3v) is 1.32. The first kappa shape index (κ1) is 10.4. The molecule has 0 N–H and O–H groups in total. The summed E-state index contributed by atoms with van der Waals surface area (Å²) in [6, 6.07) is 1.43. The van der Waals surface area contributed by atoms with E-state index in [1.165, 1.54) is 12.3 Å². The normalized spacial score (nSPS) is 11.1. The number of aromatic nitrogens is 2. The van der Waals surface area contributed by atoms with Crippen molar-refractivity contribution in [2.45, 2.75) is 26.4 Å². The number of carbonyl (C=O) groups excluding carboxylic acids is 2. The van der Waals surface area contributed by atoms with Crippen LogP contribution >= 0.6 is 0 Å². The van der Waals surface area contributed by atoms with Crippen LogP contribution in [0.25, 0.3) is 0 Å². The molecule has 0 fully saturated rings. The summed E-state index contributed by atoms with van der Waals surface area (Å²) in [5.41, 5.74) is -0.422. The quantitative estimate of drug-likeness (QED) is 0.520. The van der Waals surface area contributed by atoms with Crippen molar-refractivity contribution in [3.63, 3.8) is 0 Å². The zero-order chi connectivity index (χ0) is 10.8. The van der Waals surface area contributed by atoms with Crippen molar-refractivity contribution in [2.24, 2.45) is 0 Å². The van der Waals surface area contributed by atoms with E-state index in [-0.39, 0.29) is 5.69 Å². The standard InChI is InChI=1S/C9H12N2O3/c1-9(2,3)14-8(13)7-4-5-11(6-12)10-7/h4-6H,1-3H3. The summed E-state index contributed by atoms with van der Waals surface area (Å²) in [4.78, 5) is 21.7. The number of hydrogen-bond acceptors (Lipinski definition) is 4. The Hall–Kier alpha value is -1.65. The Morgan fingerprint density at radius 1 is 1.57 bits per heavy atom. The molecule has 76 valence electrons. The molecule has 0 spiro atoms. The van der Waals surface area contributed by atoms with E-state index >= 15 is 0 Å². The molecule has 5 nitrogen and oxygen atoms in total. The molecular formula is C9H12N2O3. The van der Waals surface area contributed by atoms with Crippen molar-refractivity contribution in [2.75, 3.05) is 0 Å². The van der Waals surface area contributed by atoms with Crippen LogP contribution < -0.4 is 0 Å². The van der Waals surface area contributed by atoms with E-state index in [0.29, 0.717) is 6.41 Å². The summed E-state index contributed by atoms with van der Waals surface area (Å²) in [6.45, 7) is 5.30. The van der Waals surface area contributed by atoms with Crippen molar-refractivity contribution in [3.8, 4) is 0 Å². The maximum Gasteiger partial charge on any atom is 0.359 e. The summed E-state index contributed by atoms with van der Waals surface area (Å²) < 4.78 is 6.06. The molecule has 1 aromatic heterocycles. The molecule has 0 aliphatic carbocycles. The van der Waals surface area contributed by atoms with Gasteiger partial charge in [0.1, 0.15) is 5.60 Å². The molecule has 0 unspecified atom stereocenters. The Balaban J connectivity index is 2.75. The highest BCUT2D eigenvalue weighted by Gasteiger charge is 2.19. The summed E-state index contributed by atoms with van der Waals surface area (Å²) in [5.74, 6) is -0.530. The zero-order valence-corrected chi connectivity index (χ0v) is 8.35. The minimum Gasteiger partial charge on any atom is -0.455 e. The summed E-state index contributed by atoms with van der Waals surface area (Å²) in [7, 11) is 0. The van der Waals surface area contributed by atoms with Crippen molar-refractivity contribution in [1.29, 1.82) is 0 Å². The van der Waals surface area contributed by atoms with E-state index in [9.17, 15) is 9.59 Å². The fourth-order valence-electron chi connectivity index (χ4n) is 0.836. The molecule has 0 aliphatic heterocycles. The maximum absolute atomic E-state index is 11.4. The molecule has 0 saturated heterocycles. The lowest BCUT2D eigenvalue weighted by Gasteiger charge is -2.18. The first-order chi connectivity index (χ1) is 6.42. The van der Waals surface area contributed by atoms with Gasteiger partial charge in [-0.1, -0.05) is 0 Å². The first-order valence-electron chi connectivity index (χ1n) is 4.16. The highest BCUT2D eigenvalue weighted by Crippen LogP contribution is 2.10. The number of rotatable bonds is 2. The van der Waals surface area contributed by atoms with Gasteiger partial charge in [-0.25, -0.2) is 9.48 Å². The van der Waals surface area contributed by atoms with Crippen molar-refractivity contribution < 1.29 is 14.3 Å². The molecule has 14 heavy (non-hydrogen) atoms. The van der Waals surface area contributed by atoms with Crippen LogP contribution in [0.2, 0.25) is 0 Å². The van der Waals surface area contributed by atoms with E-state index in [0.717, 1.165) is 4.68 Å². The number of nitrogens with zero attached hydrogens (tertiary/aromatic N) is 2. The molecule has 1 heterocycles. The van der Waals surface area contributed by atoms with Crippen LogP contribution in [0.3, 0.4) is 0 Å². The topological polar surface area (TPSA) is 61.2 Å². The Morgan fingerprint density at radius 3 is 2.64 bits per heavy atom. The minimum atomic E-state index is -0.554. The van der Waals surface area contributed by atoms with Gasteiger partial charge in [-0.05, 0) is 26.8 Å². The van der Waals surface area contributed by atoms with E-state index in [2.05, 4.69) is 5.10 Å². The van der Waals surface area contributed by atoms with E-state index in [4.69, 9.17) is 4.74 Å². The van der Waals surface area contributed by atoms with Crippen molar-refractivity contribution in [1.82, 2.24) is 9.78 Å². The molecule has 1 aromatic rings. The Morgan fingerprint density at radius 2 is 2.21 bits per heavy atom. The predicted molar refractivity (Wildman–Crippen MR) is 49.5 cm³/mol. The van der Waals surface area contributed by atoms with Gasteiger partial charge in [-0.15, -0.1) is 0 Å². The number of carbonyl (C=O) groups is 2. The average Bonchev–Trinajstić information content (AvgIpc) is 2.48. The molecule has 1 rings (SSSR count). The van der Waals surface area contributed by atoms with Crippen LogP contribution in [-0.2, 0) is 9.53 Å². The van der Waals surface area contributed by atoms with Crippen LogP contribution in [0.4, 0.5) is 0 Å². The van der Waals surface area contributed by atoms with Crippen LogP contribution in [0.5, 0.6) is 0 Å². The molecular weight excluding hydrogens is 184 g/mol. The zero-order valence-electron chi connectivity index (χ0n) is 8.35. The van der Waals surface area contributed by atoms with Gasteiger partial charge in [0.05, 0.1) is 0 Å². The lowest BCUT2D eigenvalue weighted by molar-refractivity contribution is 0.00625. The Labute approximate surface area is 81.7 Å². The van der Waals surface area contributed by atoms with Gasteiger partial charge in [0.25, 0.3) is 0 Å². The van der Waals surface area contributed by atoms with E-state index in [1.54, 1.807) is 20.8 Å². The van der Waals surface area contributed by atoms with Gasteiger partial charge in [0.15, 0.2) is 5.69 Å². The van der Waals surface area contributed by atoms with Crippen LogP contribution in [-0.4, -0.2) is 27.8 Å². The van der Waals surface area contributed by atoms with Crippen LogP contribution in [0, 0.1) is 0 Å². The van der Waals surface area contributed by atoms with Gasteiger partial charge >= 0.3 is 5.97 Å². The minimum absolute atomic E-state index is 0.132. The van der Waals surface area contributed by atoms with E-state index in [1.807, 2.05) is 0 Å². The van der Waals surface area contributed by atoms with Gasteiger partial charge in [-0.3, -0.25) is 4.79 Å². The average molecular weight is 196 g/mol. The lowest BCUT2D eigenvalue weighted by Crippen LogP contribution is -2.24. The fourth-order valence-corrected chi connectivity index (χ4v) is 0.836. The van der Waals surface area contributed by atoms with Crippen LogP contribution in [0.1, 0.15) is 31.3 Å². The molecule has 0 radical (unpaired) electrons. The fraction of sp³-hybridized carbons (Fsp3) is 0.444. The highest BCUT2D eigenvalue weighted by molar-refractivity contribution is 5.87. The molecule has 0 amide bonds. The summed E-state index contributed by atoms with van der Waals surface area (Å²) in [5, 5.41) is 3.69. The van der Waals surface area contributed by atoms with Gasteiger partial charge in [0.2, 0.25) is 6.41 Å². The van der Waals surface area contributed by atoms with Crippen molar-refractivity contribution in [3.05, 3.63) is 18.0 Å². The third kappa shape index (κ3) is 2.69. The second-order valence-corrected chi connectivity index (χ2v) is 3.79. The molecule has 0 bridgehead atoms. The maximum atomic E-state index is 11.4. The summed E-state index contributed by atoms with van der Waals surface area (Å²) in [6.07, 6.45) is 1.90. The van der Waals surface area contributed by atoms with Gasteiger partial charge in [-0.2, -0.15) is 5.10 Å². The Bertz CT molecular complexity index is 349.